The molecule has 2 nitrogen and oxygen atoms in total. The molecule has 0 bridgehead atoms. The second-order valence-corrected chi connectivity index (χ2v) is 8.52. The van der Waals surface area contributed by atoms with Crippen LogP contribution >= 0.6 is 0 Å². The molecule has 112 valence electrons. The van der Waals surface area contributed by atoms with E-state index in [4.69, 9.17) is 4.43 Å². The van der Waals surface area contributed by atoms with Crippen molar-refractivity contribution in [3.63, 3.8) is 0 Å². The third-order valence-corrected chi connectivity index (χ3v) is 4.08. The number of hydrogen-bond acceptors (Lipinski definition) is 2. The molecular formula is C17H28O2Si. The second-order valence-electron chi connectivity index (χ2n) is 7.49. The minimum absolute atomic E-state index is 0.0837. The SMILES string of the molecule is CC(O)CO[Si]c1cccc(C(C)(C)C)c1C(C)(C)C. The van der Waals surface area contributed by atoms with Crippen LogP contribution in [0.1, 0.15) is 59.6 Å². The molecule has 0 heterocycles. The van der Waals surface area contributed by atoms with Gasteiger partial charge in [0.1, 0.15) is 0 Å². The lowest BCUT2D eigenvalue weighted by atomic mass is 9.75. The molecule has 0 aliphatic heterocycles. The Labute approximate surface area is 126 Å². The highest BCUT2D eigenvalue weighted by Gasteiger charge is 2.27. The normalized spacial score (nSPS) is 14.4. The molecule has 1 unspecified atom stereocenters. The van der Waals surface area contributed by atoms with Crippen LogP contribution in [0, 0.1) is 0 Å². The molecule has 0 aliphatic carbocycles. The molecule has 20 heavy (non-hydrogen) atoms. The third-order valence-electron chi connectivity index (χ3n) is 3.13. The molecule has 1 aromatic carbocycles. The molecule has 0 saturated carbocycles. The van der Waals surface area contributed by atoms with Gasteiger partial charge in [0.2, 0.25) is 0 Å². The Morgan fingerprint density at radius 3 is 2.15 bits per heavy atom. The fourth-order valence-corrected chi connectivity index (χ4v) is 3.57. The zero-order chi connectivity index (χ0) is 15.6. The van der Waals surface area contributed by atoms with Crippen LogP contribution in [0.2, 0.25) is 0 Å². The Balaban J connectivity index is 3.17. The topological polar surface area (TPSA) is 29.5 Å². The summed E-state index contributed by atoms with van der Waals surface area (Å²) < 4.78 is 5.66. The molecule has 0 amide bonds. The summed E-state index contributed by atoms with van der Waals surface area (Å²) >= 11 is 0. The van der Waals surface area contributed by atoms with Crippen LogP contribution < -0.4 is 5.19 Å². The highest BCUT2D eigenvalue weighted by molar-refractivity contribution is 6.47. The average molecular weight is 292 g/mol. The largest absolute Gasteiger partial charge is 0.409 e. The predicted octanol–water partition coefficient (Wildman–Crippen LogP) is 2.92. The highest BCUT2D eigenvalue weighted by Crippen LogP contribution is 2.32. The van der Waals surface area contributed by atoms with Crippen molar-refractivity contribution in [2.24, 2.45) is 0 Å². The minimum atomic E-state index is -0.411. The summed E-state index contributed by atoms with van der Waals surface area (Å²) in [5, 5.41) is 10.6. The van der Waals surface area contributed by atoms with E-state index in [0.29, 0.717) is 6.61 Å². The molecule has 0 aliphatic rings. The Hall–Kier alpha value is -0.643. The molecule has 0 aromatic heterocycles. The number of rotatable bonds is 4. The molecule has 1 rings (SSSR count). The first-order chi connectivity index (χ1) is 9.03. The van der Waals surface area contributed by atoms with Crippen LogP contribution in [0.3, 0.4) is 0 Å². The van der Waals surface area contributed by atoms with Gasteiger partial charge in [-0.25, -0.2) is 0 Å². The van der Waals surface area contributed by atoms with E-state index in [2.05, 4.69) is 59.7 Å². The Morgan fingerprint density at radius 2 is 1.70 bits per heavy atom. The Bertz CT molecular complexity index is 439. The van der Waals surface area contributed by atoms with Crippen molar-refractivity contribution in [1.29, 1.82) is 0 Å². The lowest BCUT2D eigenvalue weighted by molar-refractivity contribution is 0.127. The van der Waals surface area contributed by atoms with E-state index in [9.17, 15) is 5.11 Å². The smallest absolute Gasteiger partial charge is 0.269 e. The van der Waals surface area contributed by atoms with Crippen molar-refractivity contribution >= 4 is 14.9 Å². The van der Waals surface area contributed by atoms with Crippen molar-refractivity contribution in [2.75, 3.05) is 6.61 Å². The molecule has 1 atom stereocenters. The molecule has 1 aromatic rings. The fourth-order valence-electron chi connectivity index (χ4n) is 2.31. The monoisotopic (exact) mass is 292 g/mol. The molecular weight excluding hydrogens is 264 g/mol. The van der Waals surface area contributed by atoms with Gasteiger partial charge in [-0.3, -0.25) is 0 Å². The van der Waals surface area contributed by atoms with Gasteiger partial charge in [0.15, 0.2) is 0 Å². The van der Waals surface area contributed by atoms with Crippen molar-refractivity contribution in [3.8, 4) is 0 Å². The number of hydrogen-bond donors (Lipinski definition) is 1. The van der Waals surface area contributed by atoms with Gasteiger partial charge < -0.3 is 9.53 Å². The number of benzene rings is 1. The van der Waals surface area contributed by atoms with Crippen molar-refractivity contribution in [1.82, 2.24) is 0 Å². The summed E-state index contributed by atoms with van der Waals surface area (Å²) in [7, 11) is 0.285. The fraction of sp³-hybridized carbons (Fsp3) is 0.647. The van der Waals surface area contributed by atoms with Gasteiger partial charge in [0, 0.05) is 0 Å². The number of aliphatic hydroxyl groups is 1. The zero-order valence-electron chi connectivity index (χ0n) is 13.9. The summed E-state index contributed by atoms with van der Waals surface area (Å²) in [4.78, 5) is 0. The predicted molar refractivity (Wildman–Crippen MR) is 86.9 cm³/mol. The van der Waals surface area contributed by atoms with E-state index in [1.165, 1.54) is 16.3 Å². The van der Waals surface area contributed by atoms with Gasteiger partial charge in [-0.15, -0.1) is 0 Å². The van der Waals surface area contributed by atoms with Crippen LogP contribution in [0.25, 0.3) is 0 Å². The van der Waals surface area contributed by atoms with Crippen molar-refractivity contribution in [3.05, 3.63) is 29.3 Å². The molecule has 1 N–H and O–H groups in total. The summed E-state index contributed by atoms with van der Waals surface area (Å²) in [6.07, 6.45) is -0.411. The van der Waals surface area contributed by atoms with Crippen LogP contribution in [-0.2, 0) is 15.3 Å². The standard InChI is InChI=1S/C17H28O2Si/c1-12(18)11-19-20-14-10-8-9-13(16(2,3)4)15(14)17(5,6)7/h8-10,12,18H,11H2,1-7H3. The van der Waals surface area contributed by atoms with E-state index >= 15 is 0 Å². The molecule has 0 fully saturated rings. The first-order valence-corrected chi connectivity index (χ1v) is 8.14. The van der Waals surface area contributed by atoms with Gasteiger partial charge in [0.05, 0.1) is 12.7 Å². The van der Waals surface area contributed by atoms with Crippen LogP contribution in [0.15, 0.2) is 18.2 Å². The second kappa shape index (κ2) is 6.42. The summed E-state index contributed by atoms with van der Waals surface area (Å²) in [6, 6.07) is 6.49. The van der Waals surface area contributed by atoms with Gasteiger partial charge in [-0.05, 0) is 34.1 Å². The zero-order valence-corrected chi connectivity index (χ0v) is 14.9. The number of aliphatic hydroxyl groups excluding tert-OH is 1. The molecule has 0 saturated heterocycles. The van der Waals surface area contributed by atoms with Gasteiger partial charge in [0.25, 0.3) is 9.76 Å². The van der Waals surface area contributed by atoms with E-state index in [1.54, 1.807) is 6.92 Å². The van der Waals surface area contributed by atoms with Crippen LogP contribution in [0.4, 0.5) is 0 Å². The van der Waals surface area contributed by atoms with Gasteiger partial charge in [-0.1, -0.05) is 59.7 Å². The molecule has 3 heteroatoms. The van der Waals surface area contributed by atoms with Crippen LogP contribution in [-0.4, -0.2) is 27.6 Å². The average Bonchev–Trinajstić information content (AvgIpc) is 2.25. The maximum absolute atomic E-state index is 9.32. The summed E-state index contributed by atoms with van der Waals surface area (Å²) in [6.45, 7) is 15.6. The lowest BCUT2D eigenvalue weighted by Gasteiger charge is -2.32. The molecule has 0 spiro atoms. The van der Waals surface area contributed by atoms with E-state index in [0.717, 1.165) is 0 Å². The lowest BCUT2D eigenvalue weighted by Crippen LogP contribution is -2.34. The van der Waals surface area contributed by atoms with Crippen LogP contribution in [0.5, 0.6) is 0 Å². The Morgan fingerprint density at radius 1 is 1.10 bits per heavy atom. The first-order valence-electron chi connectivity index (χ1n) is 7.23. The maximum Gasteiger partial charge on any atom is 0.269 e. The summed E-state index contributed by atoms with van der Waals surface area (Å²) in [5.41, 5.74) is 2.97. The molecule has 2 radical (unpaired) electrons. The van der Waals surface area contributed by atoms with E-state index in [-0.39, 0.29) is 20.6 Å². The maximum atomic E-state index is 9.32. The van der Waals surface area contributed by atoms with Gasteiger partial charge in [-0.2, -0.15) is 0 Å². The van der Waals surface area contributed by atoms with Gasteiger partial charge >= 0.3 is 0 Å². The van der Waals surface area contributed by atoms with Crippen molar-refractivity contribution in [2.45, 2.75) is 65.4 Å². The van der Waals surface area contributed by atoms with Crippen molar-refractivity contribution < 1.29 is 9.53 Å². The quantitative estimate of drug-likeness (QED) is 0.865. The Kier molecular flexibility index (Phi) is 5.59. The first kappa shape index (κ1) is 17.4. The summed E-state index contributed by atoms with van der Waals surface area (Å²) in [5.74, 6) is 0. The minimum Gasteiger partial charge on any atom is -0.409 e. The van der Waals surface area contributed by atoms with E-state index in [1.807, 2.05) is 0 Å². The highest BCUT2D eigenvalue weighted by atomic mass is 28.2. The third kappa shape index (κ3) is 4.72. The van der Waals surface area contributed by atoms with E-state index < -0.39 is 6.10 Å².